The van der Waals surface area contributed by atoms with Gasteiger partial charge in [0.15, 0.2) is 11.5 Å². The minimum absolute atomic E-state index is 0.190. The summed E-state index contributed by atoms with van der Waals surface area (Å²) in [6, 6.07) is 10.4. The van der Waals surface area contributed by atoms with Gasteiger partial charge in [0.1, 0.15) is 12.3 Å². The maximum atomic E-state index is 12.0. The minimum Gasteiger partial charge on any atom is -0.493 e. The van der Waals surface area contributed by atoms with E-state index in [0.717, 1.165) is 10.5 Å². The summed E-state index contributed by atoms with van der Waals surface area (Å²) in [4.78, 5) is 24.6. The largest absolute Gasteiger partial charge is 0.493 e. The molecule has 6 nitrogen and oxygen atoms in total. The van der Waals surface area contributed by atoms with Crippen molar-refractivity contribution in [3.8, 4) is 11.5 Å². The van der Waals surface area contributed by atoms with Crippen LogP contribution < -0.4 is 14.8 Å². The summed E-state index contributed by atoms with van der Waals surface area (Å²) in [6.07, 6.45) is 1.58. The van der Waals surface area contributed by atoms with Crippen LogP contribution in [0.2, 0.25) is 5.02 Å². The number of rotatable bonds is 5. The Bertz CT molecular complexity index is 945. The molecule has 2 aromatic rings. The third-order valence-corrected chi connectivity index (χ3v) is 5.06. The van der Waals surface area contributed by atoms with Crippen LogP contribution in [0.25, 0.3) is 6.08 Å². The minimum atomic E-state index is -0.464. The predicted octanol–water partition coefficient (Wildman–Crippen LogP) is 4.21. The van der Waals surface area contributed by atoms with E-state index >= 15 is 0 Å². The second kappa shape index (κ2) is 8.02. The molecule has 0 radical (unpaired) electrons. The van der Waals surface area contributed by atoms with Crippen LogP contribution in [-0.4, -0.2) is 31.0 Å². The molecule has 3 rings (SSSR count). The maximum absolute atomic E-state index is 12.0. The van der Waals surface area contributed by atoms with Crippen LogP contribution in [-0.2, 0) is 11.4 Å². The fourth-order valence-corrected chi connectivity index (χ4v) is 3.11. The Morgan fingerprint density at radius 3 is 2.59 bits per heavy atom. The van der Waals surface area contributed by atoms with Crippen LogP contribution in [0.4, 0.5) is 4.79 Å². The van der Waals surface area contributed by atoms with Crippen molar-refractivity contribution < 1.29 is 19.1 Å². The molecule has 1 heterocycles. The molecule has 0 atom stereocenters. The highest BCUT2D eigenvalue weighted by Crippen LogP contribution is 2.35. The number of nitrogens with one attached hydrogen (secondary N) is 1. The normalized spacial score (nSPS) is 15.3. The Morgan fingerprint density at radius 1 is 1.22 bits per heavy atom. The Kier molecular flexibility index (Phi) is 5.72. The number of benzene rings is 2. The Morgan fingerprint density at radius 2 is 1.96 bits per heavy atom. The number of halogens is 2. The van der Waals surface area contributed by atoms with E-state index in [0.29, 0.717) is 26.6 Å². The van der Waals surface area contributed by atoms with Gasteiger partial charge in [0.2, 0.25) is 0 Å². The first kappa shape index (κ1) is 19.3. The summed E-state index contributed by atoms with van der Waals surface area (Å²) in [5.41, 5.74) is 1.71. The number of nitrogens with zero attached hydrogens (tertiary/aromatic N) is 1. The standard InChI is InChI=1S/C19H16BrClN2O4/c1-23-18(24)15(22-19(23)25)7-12-8-16(26-2)17(9-13(12)20)27-10-11-5-3-4-6-14(11)21/h3-9H,10H2,1-2H3,(H,22,25)/b15-7+. The number of carbonyl (C=O) groups excluding carboxylic acids is 2. The Balaban J connectivity index is 1.86. The van der Waals surface area contributed by atoms with Gasteiger partial charge in [-0.15, -0.1) is 0 Å². The number of likely N-dealkylation sites (N-methyl/N-ethyl adjacent to an activating group) is 1. The van der Waals surface area contributed by atoms with Crippen LogP contribution in [0, 0.1) is 0 Å². The van der Waals surface area contributed by atoms with Gasteiger partial charge >= 0.3 is 6.03 Å². The van der Waals surface area contributed by atoms with E-state index in [1.54, 1.807) is 24.3 Å². The zero-order valence-corrected chi connectivity index (χ0v) is 16.9. The topological polar surface area (TPSA) is 67.9 Å². The van der Waals surface area contributed by atoms with Crippen LogP contribution >= 0.6 is 27.5 Å². The molecule has 3 amide bonds. The number of imide groups is 1. The van der Waals surface area contributed by atoms with Gasteiger partial charge < -0.3 is 14.8 Å². The molecular formula is C19H16BrClN2O4. The van der Waals surface area contributed by atoms with Gasteiger partial charge in [-0.2, -0.15) is 0 Å². The van der Waals surface area contributed by atoms with Crippen molar-refractivity contribution in [2.75, 3.05) is 14.2 Å². The van der Waals surface area contributed by atoms with E-state index in [1.165, 1.54) is 14.2 Å². The third-order valence-electron chi connectivity index (χ3n) is 4.01. The SMILES string of the molecule is COc1cc(/C=C2/NC(=O)N(C)C2=O)c(Br)cc1OCc1ccccc1Cl. The molecule has 1 N–H and O–H groups in total. The maximum Gasteiger partial charge on any atom is 0.328 e. The van der Waals surface area contributed by atoms with Gasteiger partial charge in [0.05, 0.1) is 7.11 Å². The average molecular weight is 452 g/mol. The smallest absolute Gasteiger partial charge is 0.328 e. The number of urea groups is 1. The van der Waals surface area contributed by atoms with E-state index in [1.807, 2.05) is 18.2 Å². The van der Waals surface area contributed by atoms with Gasteiger partial charge in [-0.3, -0.25) is 9.69 Å². The molecule has 0 bridgehead atoms. The van der Waals surface area contributed by atoms with Gasteiger partial charge in [-0.05, 0) is 29.8 Å². The molecule has 1 aliphatic heterocycles. The summed E-state index contributed by atoms with van der Waals surface area (Å²) in [6.45, 7) is 0.280. The van der Waals surface area contributed by atoms with E-state index < -0.39 is 11.9 Å². The molecule has 2 aromatic carbocycles. The van der Waals surface area contributed by atoms with E-state index in [4.69, 9.17) is 21.1 Å². The van der Waals surface area contributed by atoms with Gasteiger partial charge in [0, 0.05) is 22.1 Å². The fraction of sp³-hybridized carbons (Fsp3) is 0.158. The summed E-state index contributed by atoms with van der Waals surface area (Å²) in [5.74, 6) is 0.609. The molecule has 8 heteroatoms. The number of amides is 3. The van der Waals surface area contributed by atoms with Crippen molar-refractivity contribution in [3.05, 3.63) is 62.7 Å². The van der Waals surface area contributed by atoms with Gasteiger partial charge in [-0.1, -0.05) is 45.7 Å². The summed E-state index contributed by atoms with van der Waals surface area (Å²) < 4.78 is 11.9. The van der Waals surface area contributed by atoms with Crippen LogP contribution in [0.5, 0.6) is 11.5 Å². The van der Waals surface area contributed by atoms with Gasteiger partial charge in [-0.25, -0.2) is 4.79 Å². The molecule has 0 aliphatic carbocycles. The lowest BCUT2D eigenvalue weighted by molar-refractivity contribution is -0.121. The van der Waals surface area contributed by atoms with Crippen molar-refractivity contribution in [2.24, 2.45) is 0 Å². The zero-order chi connectivity index (χ0) is 19.6. The van der Waals surface area contributed by atoms with Crippen LogP contribution in [0.1, 0.15) is 11.1 Å². The molecule has 1 fully saturated rings. The fourth-order valence-electron chi connectivity index (χ4n) is 2.48. The first-order valence-corrected chi connectivity index (χ1v) is 9.12. The Hall–Kier alpha value is -2.51. The zero-order valence-electron chi connectivity index (χ0n) is 14.6. The van der Waals surface area contributed by atoms with Gasteiger partial charge in [0.25, 0.3) is 5.91 Å². The number of hydrogen-bond acceptors (Lipinski definition) is 4. The van der Waals surface area contributed by atoms with E-state index in [2.05, 4.69) is 21.2 Å². The third kappa shape index (κ3) is 4.09. The quantitative estimate of drug-likeness (QED) is 0.546. The molecule has 0 spiro atoms. The lowest BCUT2D eigenvalue weighted by atomic mass is 10.1. The first-order valence-electron chi connectivity index (χ1n) is 7.95. The van der Waals surface area contributed by atoms with E-state index in [-0.39, 0.29) is 12.3 Å². The second-order valence-corrected chi connectivity index (χ2v) is 7.02. The lowest BCUT2D eigenvalue weighted by Gasteiger charge is -2.13. The highest BCUT2D eigenvalue weighted by atomic mass is 79.9. The second-order valence-electron chi connectivity index (χ2n) is 5.76. The average Bonchev–Trinajstić information content (AvgIpc) is 2.89. The number of carbonyl (C=O) groups is 2. The van der Waals surface area contributed by atoms with Crippen LogP contribution in [0.15, 0.2) is 46.6 Å². The van der Waals surface area contributed by atoms with Crippen molar-refractivity contribution in [2.45, 2.75) is 6.61 Å². The van der Waals surface area contributed by atoms with Crippen LogP contribution in [0.3, 0.4) is 0 Å². The number of methoxy groups -OCH3 is 1. The van der Waals surface area contributed by atoms with E-state index in [9.17, 15) is 9.59 Å². The van der Waals surface area contributed by atoms with Crippen molar-refractivity contribution in [1.82, 2.24) is 10.2 Å². The highest BCUT2D eigenvalue weighted by molar-refractivity contribution is 9.10. The molecule has 1 saturated heterocycles. The Labute approximate surface area is 169 Å². The number of hydrogen-bond donors (Lipinski definition) is 1. The molecular weight excluding hydrogens is 436 g/mol. The molecule has 0 aromatic heterocycles. The monoisotopic (exact) mass is 450 g/mol. The van der Waals surface area contributed by atoms with Crippen molar-refractivity contribution in [1.29, 1.82) is 0 Å². The molecule has 140 valence electrons. The lowest BCUT2D eigenvalue weighted by Crippen LogP contribution is -2.25. The summed E-state index contributed by atoms with van der Waals surface area (Å²) in [7, 11) is 2.94. The van der Waals surface area contributed by atoms with Crippen molar-refractivity contribution in [3.63, 3.8) is 0 Å². The molecule has 1 aliphatic rings. The number of ether oxygens (including phenoxy) is 2. The first-order chi connectivity index (χ1) is 12.9. The van der Waals surface area contributed by atoms with Crippen molar-refractivity contribution >= 4 is 45.5 Å². The summed E-state index contributed by atoms with van der Waals surface area (Å²) in [5, 5.41) is 3.15. The molecule has 0 unspecified atom stereocenters. The molecule has 0 saturated carbocycles. The predicted molar refractivity (Wildman–Crippen MR) is 106 cm³/mol. The highest BCUT2D eigenvalue weighted by Gasteiger charge is 2.30. The summed E-state index contributed by atoms with van der Waals surface area (Å²) >= 11 is 9.62. The molecule has 27 heavy (non-hydrogen) atoms.